The smallest absolute Gasteiger partial charge is 0.237 e. The monoisotopic (exact) mass is 248 g/mol. The molecule has 0 fully saturated rings. The molecule has 0 unspecified atom stereocenters. The van der Waals surface area contributed by atoms with Gasteiger partial charge in [-0.3, -0.25) is 0 Å². The lowest BCUT2D eigenvalue weighted by molar-refractivity contribution is 0.384. The van der Waals surface area contributed by atoms with Crippen LogP contribution in [-0.2, 0) is 12.2 Å². The topological polar surface area (TPSA) is 38.9 Å². The number of rotatable bonds is 5. The zero-order chi connectivity index (χ0) is 12.1. The first-order valence-electron chi connectivity index (χ1n) is 5.79. The molecule has 1 aromatic carbocycles. The molecule has 2 aromatic rings. The molecule has 90 valence electrons. The fraction of sp³-hybridized carbons (Fsp3) is 0.385. The normalized spacial score (nSPS) is 10.7. The minimum Gasteiger partial charge on any atom is -0.338 e. The molecule has 0 saturated heterocycles. The number of hydrogen-bond donors (Lipinski definition) is 0. The van der Waals surface area contributed by atoms with E-state index in [0.717, 1.165) is 24.4 Å². The predicted octanol–water partition coefficient (Wildman–Crippen LogP) is 3.62. The van der Waals surface area contributed by atoms with Gasteiger partial charge >= 0.3 is 0 Å². The summed E-state index contributed by atoms with van der Waals surface area (Å²) in [6.07, 6.45) is 1.93. The Morgan fingerprint density at radius 2 is 2.00 bits per heavy atom. The molecule has 2 rings (SSSR count). The van der Waals surface area contributed by atoms with E-state index in [2.05, 4.69) is 48.3 Å². The van der Waals surface area contributed by atoms with Gasteiger partial charge in [0.05, 0.1) is 5.75 Å². The molecule has 17 heavy (non-hydrogen) atoms. The van der Waals surface area contributed by atoms with Gasteiger partial charge in [0.2, 0.25) is 5.89 Å². The van der Waals surface area contributed by atoms with E-state index in [1.165, 1.54) is 10.5 Å². The third-order valence-electron chi connectivity index (χ3n) is 2.37. The van der Waals surface area contributed by atoms with Crippen molar-refractivity contribution in [2.75, 3.05) is 0 Å². The maximum Gasteiger partial charge on any atom is 0.237 e. The van der Waals surface area contributed by atoms with Gasteiger partial charge in [-0.1, -0.05) is 29.8 Å². The highest BCUT2D eigenvalue weighted by molar-refractivity contribution is 7.98. The van der Waals surface area contributed by atoms with E-state index >= 15 is 0 Å². The van der Waals surface area contributed by atoms with Gasteiger partial charge in [0.25, 0.3) is 0 Å². The maximum absolute atomic E-state index is 5.18. The van der Waals surface area contributed by atoms with Gasteiger partial charge in [-0.2, -0.15) is 4.98 Å². The molecule has 0 saturated carbocycles. The van der Waals surface area contributed by atoms with Crippen LogP contribution < -0.4 is 0 Å². The molecule has 0 bridgehead atoms. The Hall–Kier alpha value is -1.29. The summed E-state index contributed by atoms with van der Waals surface area (Å²) in [7, 11) is 0. The summed E-state index contributed by atoms with van der Waals surface area (Å²) in [5.74, 6) is 2.26. The van der Waals surface area contributed by atoms with Crippen LogP contribution in [0.5, 0.6) is 0 Å². The van der Waals surface area contributed by atoms with Crippen LogP contribution >= 0.6 is 11.8 Å². The van der Waals surface area contributed by atoms with Gasteiger partial charge in [-0.25, -0.2) is 0 Å². The zero-order valence-corrected chi connectivity index (χ0v) is 11.0. The Morgan fingerprint density at radius 3 is 2.71 bits per heavy atom. The van der Waals surface area contributed by atoms with Crippen molar-refractivity contribution in [3.05, 3.63) is 41.5 Å². The minimum absolute atomic E-state index is 0.707. The number of hydrogen-bond acceptors (Lipinski definition) is 4. The van der Waals surface area contributed by atoms with Gasteiger partial charge in [0.15, 0.2) is 5.82 Å². The van der Waals surface area contributed by atoms with Crippen molar-refractivity contribution in [3.8, 4) is 0 Å². The second-order valence-electron chi connectivity index (χ2n) is 3.96. The van der Waals surface area contributed by atoms with E-state index in [1.807, 2.05) is 0 Å². The molecule has 0 amide bonds. The summed E-state index contributed by atoms with van der Waals surface area (Å²) >= 11 is 1.72. The van der Waals surface area contributed by atoms with E-state index in [1.54, 1.807) is 11.8 Å². The Kier molecular flexibility index (Phi) is 4.20. The number of benzene rings is 1. The largest absolute Gasteiger partial charge is 0.338 e. The standard InChI is InChI=1S/C13H16N2OS/c1-3-4-12-14-13(16-15-12)9-17-11-7-5-10(2)6-8-11/h5-8H,3-4,9H2,1-2H3. The van der Waals surface area contributed by atoms with Crippen molar-refractivity contribution >= 4 is 11.8 Å². The van der Waals surface area contributed by atoms with Gasteiger partial charge in [-0.05, 0) is 25.5 Å². The van der Waals surface area contributed by atoms with E-state index in [0.29, 0.717) is 5.89 Å². The van der Waals surface area contributed by atoms with Gasteiger partial charge in [0, 0.05) is 11.3 Å². The molecule has 0 radical (unpaired) electrons. The first kappa shape index (κ1) is 12.2. The molecule has 0 atom stereocenters. The van der Waals surface area contributed by atoms with Crippen LogP contribution in [0.3, 0.4) is 0 Å². The van der Waals surface area contributed by atoms with Crippen LogP contribution in [0.25, 0.3) is 0 Å². The Balaban J connectivity index is 1.90. The molecular weight excluding hydrogens is 232 g/mol. The van der Waals surface area contributed by atoms with Crippen LogP contribution in [-0.4, -0.2) is 10.1 Å². The quantitative estimate of drug-likeness (QED) is 0.757. The molecule has 0 aliphatic heterocycles. The molecular formula is C13H16N2OS. The van der Waals surface area contributed by atoms with Gasteiger partial charge in [0.1, 0.15) is 0 Å². The average Bonchev–Trinajstić information content (AvgIpc) is 2.77. The van der Waals surface area contributed by atoms with Crippen LogP contribution in [0.1, 0.15) is 30.6 Å². The number of thioether (sulfide) groups is 1. The molecule has 0 aliphatic rings. The highest BCUT2D eigenvalue weighted by Gasteiger charge is 2.05. The fourth-order valence-electron chi connectivity index (χ4n) is 1.45. The molecule has 1 aromatic heterocycles. The maximum atomic E-state index is 5.18. The van der Waals surface area contributed by atoms with Crippen molar-refractivity contribution in [1.29, 1.82) is 0 Å². The number of aryl methyl sites for hydroxylation is 2. The second kappa shape index (κ2) is 5.87. The Morgan fingerprint density at radius 1 is 1.24 bits per heavy atom. The molecule has 4 heteroatoms. The van der Waals surface area contributed by atoms with Crippen LogP contribution in [0.2, 0.25) is 0 Å². The molecule has 0 N–H and O–H groups in total. The van der Waals surface area contributed by atoms with E-state index in [4.69, 9.17) is 4.52 Å². The summed E-state index contributed by atoms with van der Waals surface area (Å²) < 4.78 is 5.18. The lowest BCUT2D eigenvalue weighted by atomic mass is 10.2. The predicted molar refractivity (Wildman–Crippen MR) is 69.0 cm³/mol. The van der Waals surface area contributed by atoms with E-state index in [9.17, 15) is 0 Å². The van der Waals surface area contributed by atoms with E-state index < -0.39 is 0 Å². The van der Waals surface area contributed by atoms with Crippen molar-refractivity contribution in [1.82, 2.24) is 10.1 Å². The molecule has 0 aliphatic carbocycles. The van der Waals surface area contributed by atoms with Gasteiger partial charge in [-0.15, -0.1) is 11.8 Å². The molecule has 3 nitrogen and oxygen atoms in total. The molecule has 1 heterocycles. The lowest BCUT2D eigenvalue weighted by Gasteiger charge is -1.98. The first-order chi connectivity index (χ1) is 8.28. The average molecular weight is 248 g/mol. The molecule has 0 spiro atoms. The summed E-state index contributed by atoms with van der Waals surface area (Å²) in [6.45, 7) is 4.20. The lowest BCUT2D eigenvalue weighted by Crippen LogP contribution is -1.86. The highest BCUT2D eigenvalue weighted by atomic mass is 32.2. The number of nitrogens with zero attached hydrogens (tertiary/aromatic N) is 2. The second-order valence-corrected chi connectivity index (χ2v) is 5.00. The van der Waals surface area contributed by atoms with Crippen LogP contribution in [0, 0.1) is 6.92 Å². The van der Waals surface area contributed by atoms with Crippen molar-refractivity contribution in [2.45, 2.75) is 37.3 Å². The fourth-order valence-corrected chi connectivity index (χ4v) is 2.19. The van der Waals surface area contributed by atoms with Crippen molar-refractivity contribution < 1.29 is 4.52 Å². The van der Waals surface area contributed by atoms with Crippen molar-refractivity contribution in [2.24, 2.45) is 0 Å². The Bertz CT molecular complexity index is 465. The SMILES string of the molecule is CCCc1noc(CSc2ccc(C)cc2)n1. The Labute approximate surface area is 106 Å². The first-order valence-corrected chi connectivity index (χ1v) is 6.77. The van der Waals surface area contributed by atoms with Crippen molar-refractivity contribution in [3.63, 3.8) is 0 Å². The summed E-state index contributed by atoms with van der Waals surface area (Å²) in [6, 6.07) is 8.45. The van der Waals surface area contributed by atoms with E-state index in [-0.39, 0.29) is 0 Å². The van der Waals surface area contributed by atoms with Crippen LogP contribution in [0.4, 0.5) is 0 Å². The third-order valence-corrected chi connectivity index (χ3v) is 3.36. The summed E-state index contributed by atoms with van der Waals surface area (Å²) in [4.78, 5) is 5.56. The summed E-state index contributed by atoms with van der Waals surface area (Å²) in [5.41, 5.74) is 1.28. The summed E-state index contributed by atoms with van der Waals surface area (Å²) in [5, 5.41) is 3.93. The zero-order valence-electron chi connectivity index (χ0n) is 10.1. The minimum atomic E-state index is 0.707. The van der Waals surface area contributed by atoms with Gasteiger partial charge < -0.3 is 4.52 Å². The highest BCUT2D eigenvalue weighted by Crippen LogP contribution is 2.22. The van der Waals surface area contributed by atoms with Crippen LogP contribution in [0.15, 0.2) is 33.7 Å². The number of aromatic nitrogens is 2. The third kappa shape index (κ3) is 3.60.